The Balaban J connectivity index is 1.61. The Hall–Kier alpha value is -4.20. The molecule has 0 atom stereocenters. The van der Waals surface area contributed by atoms with E-state index in [4.69, 9.17) is 0 Å². The van der Waals surface area contributed by atoms with E-state index in [-0.39, 0.29) is 17.5 Å². The fourth-order valence-corrected chi connectivity index (χ4v) is 4.11. The highest BCUT2D eigenvalue weighted by Crippen LogP contribution is 2.33. The van der Waals surface area contributed by atoms with Crippen LogP contribution in [0.15, 0.2) is 72.8 Å². The number of benzene rings is 3. The molecule has 3 aromatic rings. The first kappa shape index (κ1) is 23.0. The Morgan fingerprint density at radius 2 is 1.56 bits per heavy atom. The Morgan fingerprint density at radius 3 is 2.24 bits per heavy atom. The van der Waals surface area contributed by atoms with Crippen molar-refractivity contribution in [1.82, 2.24) is 9.80 Å². The smallest absolute Gasteiger partial charge is 0.292 e. The van der Waals surface area contributed by atoms with Crippen LogP contribution in [0.1, 0.15) is 22.8 Å². The third-order valence-electron chi connectivity index (χ3n) is 6.00. The van der Waals surface area contributed by atoms with Gasteiger partial charge in [0.25, 0.3) is 11.6 Å². The molecule has 0 aromatic heterocycles. The maximum Gasteiger partial charge on any atom is 0.292 e. The zero-order chi connectivity index (χ0) is 24.1. The van der Waals surface area contributed by atoms with Crippen LogP contribution < -0.4 is 5.32 Å². The van der Waals surface area contributed by atoms with Crippen LogP contribution in [0.2, 0.25) is 0 Å². The quantitative estimate of drug-likeness (QED) is 0.442. The Morgan fingerprint density at radius 1 is 0.912 bits per heavy atom. The molecule has 1 saturated heterocycles. The number of nitrogens with one attached hydrogen (secondary N) is 1. The van der Waals surface area contributed by atoms with E-state index in [1.165, 1.54) is 13.0 Å². The molecule has 1 N–H and O–H groups in total. The minimum Gasteiger partial charge on any atom is -0.375 e. The summed E-state index contributed by atoms with van der Waals surface area (Å²) in [5.41, 5.74) is 3.32. The number of amides is 2. The van der Waals surface area contributed by atoms with Crippen molar-refractivity contribution in [2.75, 3.05) is 31.5 Å². The van der Waals surface area contributed by atoms with Gasteiger partial charge in [-0.2, -0.15) is 0 Å². The SMILES string of the molecule is CC(=O)N1CCN(C(=O)c2ccccc2-c2ccc([N+](=O)[O-])c(NCc3ccccc3)c2)CC1. The fraction of sp³-hybridized carbons (Fsp3) is 0.231. The number of hydrogen-bond donors (Lipinski definition) is 1. The summed E-state index contributed by atoms with van der Waals surface area (Å²) in [6.45, 7) is 3.92. The van der Waals surface area contributed by atoms with Crippen LogP contribution in [-0.2, 0) is 11.3 Å². The molecule has 0 spiro atoms. The Kier molecular flexibility index (Phi) is 6.87. The summed E-state index contributed by atoms with van der Waals surface area (Å²) in [5, 5.41) is 14.8. The van der Waals surface area contributed by atoms with Gasteiger partial charge >= 0.3 is 0 Å². The van der Waals surface area contributed by atoms with Gasteiger partial charge in [-0.05, 0) is 34.9 Å². The van der Waals surface area contributed by atoms with Crippen LogP contribution in [0.4, 0.5) is 11.4 Å². The first-order valence-electron chi connectivity index (χ1n) is 11.1. The molecule has 4 rings (SSSR count). The zero-order valence-electron chi connectivity index (χ0n) is 18.9. The minimum atomic E-state index is -0.414. The molecule has 0 unspecified atom stereocenters. The summed E-state index contributed by atoms with van der Waals surface area (Å²) in [7, 11) is 0. The van der Waals surface area contributed by atoms with Crippen LogP contribution in [0.3, 0.4) is 0 Å². The summed E-state index contributed by atoms with van der Waals surface area (Å²) in [6, 6.07) is 21.8. The standard InChI is InChI=1S/C26H26N4O4/c1-19(31)28-13-15-29(16-14-28)26(32)23-10-6-5-9-22(23)21-11-12-25(30(33)34)24(17-21)27-18-20-7-3-2-4-8-20/h2-12,17,27H,13-16,18H2,1H3. The number of carbonyl (C=O) groups excluding carboxylic acids is 2. The normalized spacial score (nSPS) is 13.4. The van der Waals surface area contributed by atoms with E-state index < -0.39 is 4.92 Å². The molecule has 3 aromatic carbocycles. The Labute approximate surface area is 198 Å². The molecule has 34 heavy (non-hydrogen) atoms. The molecule has 1 aliphatic heterocycles. The first-order valence-corrected chi connectivity index (χ1v) is 11.1. The van der Waals surface area contributed by atoms with E-state index >= 15 is 0 Å². The third-order valence-corrected chi connectivity index (χ3v) is 6.00. The van der Waals surface area contributed by atoms with Gasteiger partial charge in [-0.3, -0.25) is 19.7 Å². The molecule has 0 aliphatic carbocycles. The lowest BCUT2D eigenvalue weighted by molar-refractivity contribution is -0.384. The van der Waals surface area contributed by atoms with Gasteiger partial charge in [-0.25, -0.2) is 0 Å². The summed E-state index contributed by atoms with van der Waals surface area (Å²) in [5.74, 6) is -0.107. The van der Waals surface area contributed by atoms with Crippen molar-refractivity contribution in [1.29, 1.82) is 0 Å². The lowest BCUT2D eigenvalue weighted by atomic mass is 9.97. The number of piperazine rings is 1. The lowest BCUT2D eigenvalue weighted by Gasteiger charge is -2.34. The largest absolute Gasteiger partial charge is 0.375 e. The van der Waals surface area contributed by atoms with Crippen LogP contribution >= 0.6 is 0 Å². The van der Waals surface area contributed by atoms with E-state index in [1.807, 2.05) is 48.5 Å². The van der Waals surface area contributed by atoms with Crippen molar-refractivity contribution >= 4 is 23.2 Å². The Bertz CT molecular complexity index is 1200. The second-order valence-electron chi connectivity index (χ2n) is 8.17. The monoisotopic (exact) mass is 458 g/mol. The summed E-state index contributed by atoms with van der Waals surface area (Å²) >= 11 is 0. The maximum absolute atomic E-state index is 13.3. The topological polar surface area (TPSA) is 95.8 Å². The highest BCUT2D eigenvalue weighted by atomic mass is 16.6. The number of nitro benzene ring substituents is 1. The number of rotatable bonds is 6. The maximum atomic E-state index is 13.3. The molecule has 0 saturated carbocycles. The van der Waals surface area contributed by atoms with E-state index in [9.17, 15) is 19.7 Å². The van der Waals surface area contributed by atoms with Gasteiger partial charge in [-0.15, -0.1) is 0 Å². The fourth-order valence-electron chi connectivity index (χ4n) is 4.11. The first-order chi connectivity index (χ1) is 16.4. The number of hydrogen-bond acceptors (Lipinski definition) is 5. The predicted molar refractivity (Wildman–Crippen MR) is 130 cm³/mol. The van der Waals surface area contributed by atoms with Gasteiger partial charge in [0.15, 0.2) is 0 Å². The van der Waals surface area contributed by atoms with Crippen molar-refractivity contribution in [3.63, 3.8) is 0 Å². The number of anilines is 1. The minimum absolute atomic E-state index is 0.00825. The van der Waals surface area contributed by atoms with Gasteiger partial charge < -0.3 is 15.1 Å². The van der Waals surface area contributed by atoms with Gasteiger partial charge in [0, 0.05) is 51.3 Å². The zero-order valence-corrected chi connectivity index (χ0v) is 18.9. The average Bonchev–Trinajstić information content (AvgIpc) is 2.87. The van der Waals surface area contributed by atoms with E-state index in [0.717, 1.165) is 5.56 Å². The van der Waals surface area contributed by atoms with Crippen LogP contribution in [-0.4, -0.2) is 52.7 Å². The lowest BCUT2D eigenvalue weighted by Crippen LogP contribution is -2.50. The molecule has 174 valence electrons. The molecule has 2 amide bonds. The predicted octanol–water partition coefficient (Wildman–Crippen LogP) is 4.18. The molecule has 8 nitrogen and oxygen atoms in total. The van der Waals surface area contributed by atoms with Crippen LogP contribution in [0.25, 0.3) is 11.1 Å². The van der Waals surface area contributed by atoms with E-state index in [2.05, 4.69) is 5.32 Å². The highest BCUT2D eigenvalue weighted by molar-refractivity contribution is 6.01. The third kappa shape index (κ3) is 5.06. The molecule has 0 radical (unpaired) electrons. The van der Waals surface area contributed by atoms with Gasteiger partial charge in [-0.1, -0.05) is 48.5 Å². The van der Waals surface area contributed by atoms with E-state index in [0.29, 0.717) is 55.1 Å². The molecular formula is C26H26N4O4. The second kappa shape index (κ2) is 10.2. The van der Waals surface area contributed by atoms with Crippen molar-refractivity contribution in [3.8, 4) is 11.1 Å². The second-order valence-corrected chi connectivity index (χ2v) is 8.17. The highest BCUT2D eigenvalue weighted by Gasteiger charge is 2.25. The van der Waals surface area contributed by atoms with Gasteiger partial charge in [0.1, 0.15) is 5.69 Å². The summed E-state index contributed by atoms with van der Waals surface area (Å²) < 4.78 is 0. The number of nitro groups is 1. The summed E-state index contributed by atoms with van der Waals surface area (Å²) in [4.78, 5) is 39.6. The summed E-state index contributed by atoms with van der Waals surface area (Å²) in [6.07, 6.45) is 0. The molecule has 8 heteroatoms. The molecule has 0 bridgehead atoms. The van der Waals surface area contributed by atoms with Crippen LogP contribution in [0, 0.1) is 10.1 Å². The van der Waals surface area contributed by atoms with Gasteiger partial charge in [0.2, 0.25) is 5.91 Å². The number of carbonyl (C=O) groups is 2. The molecule has 1 heterocycles. The molecule has 1 aliphatic rings. The molecular weight excluding hydrogens is 432 g/mol. The number of nitrogens with zero attached hydrogens (tertiary/aromatic N) is 3. The van der Waals surface area contributed by atoms with E-state index in [1.54, 1.807) is 28.0 Å². The van der Waals surface area contributed by atoms with Crippen molar-refractivity contribution in [2.24, 2.45) is 0 Å². The van der Waals surface area contributed by atoms with Crippen molar-refractivity contribution < 1.29 is 14.5 Å². The molecule has 1 fully saturated rings. The van der Waals surface area contributed by atoms with Crippen molar-refractivity contribution in [3.05, 3.63) is 94.0 Å². The van der Waals surface area contributed by atoms with Gasteiger partial charge in [0.05, 0.1) is 4.92 Å². The average molecular weight is 459 g/mol. The van der Waals surface area contributed by atoms with Crippen molar-refractivity contribution in [2.45, 2.75) is 13.5 Å². The van der Waals surface area contributed by atoms with Crippen LogP contribution in [0.5, 0.6) is 0 Å².